The third kappa shape index (κ3) is 3.68. The first-order valence-corrected chi connectivity index (χ1v) is 8.03. The van der Waals surface area contributed by atoms with Gasteiger partial charge in [-0.3, -0.25) is 4.79 Å². The summed E-state index contributed by atoms with van der Waals surface area (Å²) in [6.45, 7) is 0.887. The first-order chi connectivity index (χ1) is 11.3. The molecule has 1 amide bonds. The lowest BCUT2D eigenvalue weighted by Gasteiger charge is -2.21. The van der Waals surface area contributed by atoms with Gasteiger partial charge in [0.15, 0.2) is 0 Å². The molecular weight excluding hydrogens is 308 g/mol. The van der Waals surface area contributed by atoms with Gasteiger partial charge in [0.1, 0.15) is 5.76 Å². The van der Waals surface area contributed by atoms with Crippen molar-refractivity contribution in [3.05, 3.63) is 81.9 Å². The number of hydrogen-bond acceptors (Lipinski definition) is 4. The largest absolute Gasteiger partial charge is 0.467 e. The van der Waals surface area contributed by atoms with Crippen LogP contribution in [0.15, 0.2) is 63.9 Å². The van der Waals surface area contributed by atoms with Gasteiger partial charge in [-0.05, 0) is 52.7 Å². The number of nitrogens with zero attached hydrogens (tertiary/aromatic N) is 2. The number of carbonyl (C=O) groups is 1. The molecule has 0 radical (unpaired) electrons. The van der Waals surface area contributed by atoms with Crippen LogP contribution in [-0.4, -0.2) is 10.8 Å². The molecule has 3 aromatic rings. The molecule has 0 N–H and O–H groups in total. The Balaban J connectivity index is 1.86. The summed E-state index contributed by atoms with van der Waals surface area (Å²) in [7, 11) is 0. The molecule has 5 heteroatoms. The summed E-state index contributed by atoms with van der Waals surface area (Å²) in [6, 6.07) is 14.5. The van der Waals surface area contributed by atoms with Crippen molar-refractivity contribution in [2.45, 2.75) is 13.1 Å². The van der Waals surface area contributed by atoms with Crippen molar-refractivity contribution >= 4 is 17.2 Å². The van der Waals surface area contributed by atoms with Crippen LogP contribution < -0.4 is 0 Å². The molecule has 0 bridgehead atoms. The summed E-state index contributed by atoms with van der Waals surface area (Å²) in [5.74, 6) is 0.606. The average Bonchev–Trinajstić information content (AvgIpc) is 3.27. The van der Waals surface area contributed by atoms with E-state index in [1.54, 1.807) is 52.8 Å². The number of rotatable bonds is 5. The third-order valence-corrected chi connectivity index (χ3v) is 4.14. The van der Waals surface area contributed by atoms with Gasteiger partial charge in [-0.2, -0.15) is 16.6 Å². The molecule has 2 heterocycles. The lowest BCUT2D eigenvalue weighted by Crippen LogP contribution is -2.29. The highest BCUT2D eigenvalue weighted by Gasteiger charge is 2.18. The predicted octanol–water partition coefficient (Wildman–Crippen LogP) is 4.06. The third-order valence-electron chi connectivity index (χ3n) is 3.41. The quantitative estimate of drug-likeness (QED) is 0.712. The highest BCUT2D eigenvalue weighted by Crippen LogP contribution is 2.17. The molecule has 0 saturated carbocycles. The summed E-state index contributed by atoms with van der Waals surface area (Å²) in [4.78, 5) is 14.6. The molecule has 0 atom stereocenters. The van der Waals surface area contributed by atoms with Crippen LogP contribution in [0.2, 0.25) is 0 Å². The fourth-order valence-electron chi connectivity index (χ4n) is 2.30. The molecule has 23 heavy (non-hydrogen) atoms. The molecule has 0 fully saturated rings. The van der Waals surface area contributed by atoms with Gasteiger partial charge < -0.3 is 9.32 Å². The highest BCUT2D eigenvalue weighted by atomic mass is 32.1. The van der Waals surface area contributed by atoms with Crippen LogP contribution in [0.5, 0.6) is 0 Å². The number of benzene rings is 1. The van der Waals surface area contributed by atoms with E-state index in [4.69, 9.17) is 9.68 Å². The first-order valence-electron chi connectivity index (χ1n) is 7.09. The van der Waals surface area contributed by atoms with Crippen LogP contribution in [0.25, 0.3) is 0 Å². The van der Waals surface area contributed by atoms with E-state index < -0.39 is 0 Å². The number of hydrogen-bond donors (Lipinski definition) is 0. The Bertz CT molecular complexity index is 781. The van der Waals surface area contributed by atoms with E-state index in [1.165, 1.54) is 0 Å². The number of thiophene rings is 1. The number of carbonyl (C=O) groups excluding carboxylic acids is 1. The van der Waals surface area contributed by atoms with Gasteiger partial charge in [0.2, 0.25) is 0 Å². The minimum atomic E-state index is -0.121. The van der Waals surface area contributed by atoms with Gasteiger partial charge in [0.05, 0.1) is 24.4 Å². The summed E-state index contributed by atoms with van der Waals surface area (Å²) >= 11 is 1.60. The molecule has 0 aliphatic heterocycles. The molecule has 0 spiro atoms. The standard InChI is InChI=1S/C18H14N2O2S/c19-10-14-3-1-4-16(9-14)18(21)20(11-15-6-8-23-13-15)12-17-5-2-7-22-17/h1-9,13H,11-12H2. The van der Waals surface area contributed by atoms with Gasteiger partial charge in [0.25, 0.3) is 5.91 Å². The highest BCUT2D eigenvalue weighted by molar-refractivity contribution is 7.07. The van der Waals surface area contributed by atoms with Crippen LogP contribution in [0.3, 0.4) is 0 Å². The first kappa shape index (κ1) is 15.1. The SMILES string of the molecule is N#Cc1cccc(C(=O)N(Cc2ccsc2)Cc2ccco2)c1. The fraction of sp³-hybridized carbons (Fsp3) is 0.111. The van der Waals surface area contributed by atoms with Crippen molar-refractivity contribution in [2.75, 3.05) is 0 Å². The van der Waals surface area contributed by atoms with Crippen molar-refractivity contribution in [1.82, 2.24) is 4.90 Å². The van der Waals surface area contributed by atoms with E-state index in [1.807, 2.05) is 22.9 Å². The fourth-order valence-corrected chi connectivity index (χ4v) is 2.96. The van der Waals surface area contributed by atoms with Gasteiger partial charge in [-0.25, -0.2) is 0 Å². The predicted molar refractivity (Wildman–Crippen MR) is 87.8 cm³/mol. The Morgan fingerprint density at radius 2 is 2.13 bits per heavy atom. The summed E-state index contributed by atoms with van der Waals surface area (Å²) in [5, 5.41) is 13.0. The minimum Gasteiger partial charge on any atom is -0.467 e. The zero-order valence-corrected chi connectivity index (χ0v) is 13.1. The van der Waals surface area contributed by atoms with E-state index >= 15 is 0 Å². The average molecular weight is 322 g/mol. The van der Waals surface area contributed by atoms with E-state index in [9.17, 15) is 4.79 Å². The Hall–Kier alpha value is -2.84. The molecule has 1 aromatic carbocycles. The van der Waals surface area contributed by atoms with Crippen LogP contribution in [0, 0.1) is 11.3 Å². The number of amides is 1. The molecule has 4 nitrogen and oxygen atoms in total. The second-order valence-electron chi connectivity index (χ2n) is 5.06. The van der Waals surface area contributed by atoms with Crippen LogP contribution in [-0.2, 0) is 13.1 Å². The zero-order valence-electron chi connectivity index (χ0n) is 12.3. The molecule has 114 valence electrons. The van der Waals surface area contributed by atoms with E-state index in [2.05, 4.69) is 6.07 Å². The van der Waals surface area contributed by atoms with Crippen molar-refractivity contribution in [3.8, 4) is 6.07 Å². The molecular formula is C18H14N2O2S. The Kier molecular flexibility index (Phi) is 4.55. The maximum absolute atomic E-state index is 12.8. The molecule has 0 aliphatic rings. The van der Waals surface area contributed by atoms with Crippen molar-refractivity contribution < 1.29 is 9.21 Å². The number of furan rings is 1. The van der Waals surface area contributed by atoms with E-state index in [0.29, 0.717) is 24.2 Å². The maximum atomic E-state index is 12.8. The molecule has 0 aliphatic carbocycles. The normalized spacial score (nSPS) is 10.2. The second kappa shape index (κ2) is 6.95. The van der Waals surface area contributed by atoms with Crippen molar-refractivity contribution in [2.24, 2.45) is 0 Å². The lowest BCUT2D eigenvalue weighted by atomic mass is 10.1. The zero-order chi connectivity index (χ0) is 16.1. The van der Waals surface area contributed by atoms with Crippen LogP contribution in [0.4, 0.5) is 0 Å². The molecule has 0 saturated heterocycles. The Morgan fingerprint density at radius 3 is 2.83 bits per heavy atom. The molecule has 0 unspecified atom stereocenters. The number of nitriles is 1. The smallest absolute Gasteiger partial charge is 0.254 e. The van der Waals surface area contributed by atoms with Gasteiger partial charge in [-0.1, -0.05) is 6.07 Å². The van der Waals surface area contributed by atoms with Gasteiger partial charge in [-0.15, -0.1) is 0 Å². The molecule has 2 aromatic heterocycles. The van der Waals surface area contributed by atoms with Gasteiger partial charge >= 0.3 is 0 Å². The molecule has 3 rings (SSSR count). The second-order valence-corrected chi connectivity index (χ2v) is 5.84. The maximum Gasteiger partial charge on any atom is 0.254 e. The topological polar surface area (TPSA) is 57.2 Å². The van der Waals surface area contributed by atoms with Crippen LogP contribution >= 0.6 is 11.3 Å². The lowest BCUT2D eigenvalue weighted by molar-refractivity contribution is 0.0718. The minimum absolute atomic E-state index is 0.121. The summed E-state index contributed by atoms with van der Waals surface area (Å²) in [5.41, 5.74) is 2.06. The van der Waals surface area contributed by atoms with E-state index in [0.717, 1.165) is 11.3 Å². The van der Waals surface area contributed by atoms with E-state index in [-0.39, 0.29) is 5.91 Å². The Morgan fingerprint density at radius 1 is 1.22 bits per heavy atom. The van der Waals surface area contributed by atoms with Gasteiger partial charge in [0, 0.05) is 12.1 Å². The van der Waals surface area contributed by atoms with Crippen LogP contribution in [0.1, 0.15) is 27.2 Å². The van der Waals surface area contributed by atoms with Crippen molar-refractivity contribution in [1.29, 1.82) is 5.26 Å². The summed E-state index contributed by atoms with van der Waals surface area (Å²) in [6.07, 6.45) is 1.60. The summed E-state index contributed by atoms with van der Waals surface area (Å²) < 4.78 is 5.37. The van der Waals surface area contributed by atoms with Crippen molar-refractivity contribution in [3.63, 3.8) is 0 Å². The Labute approximate surface area is 138 Å². The monoisotopic (exact) mass is 322 g/mol.